The minimum atomic E-state index is -0.0621. The Balaban J connectivity index is 1.59. The summed E-state index contributed by atoms with van der Waals surface area (Å²) in [6, 6.07) is 12.0. The second-order valence-electron chi connectivity index (χ2n) is 6.44. The van der Waals surface area contributed by atoms with Crippen LogP contribution < -0.4 is 5.32 Å². The molecule has 1 aliphatic rings. The molecule has 3 rings (SSSR count). The van der Waals surface area contributed by atoms with Gasteiger partial charge in [-0.1, -0.05) is 30.3 Å². The van der Waals surface area contributed by atoms with Gasteiger partial charge in [0, 0.05) is 37.5 Å². The van der Waals surface area contributed by atoms with Gasteiger partial charge in [0.2, 0.25) is 5.91 Å². The molecule has 2 heterocycles. The second kappa shape index (κ2) is 8.85. The molecule has 3 amide bonds. The summed E-state index contributed by atoms with van der Waals surface area (Å²) in [5, 5.41) is 5.05. The van der Waals surface area contributed by atoms with Crippen molar-refractivity contribution in [1.82, 2.24) is 15.1 Å². The predicted molar refractivity (Wildman–Crippen MR) is 104 cm³/mol. The van der Waals surface area contributed by atoms with Gasteiger partial charge in [-0.15, -0.1) is 11.3 Å². The molecular weight excluding hydrogens is 346 g/mol. The first-order chi connectivity index (χ1) is 12.7. The topological polar surface area (TPSA) is 52.7 Å². The van der Waals surface area contributed by atoms with Crippen molar-refractivity contribution in [3.05, 3.63) is 57.8 Å². The van der Waals surface area contributed by atoms with Gasteiger partial charge in [-0.2, -0.15) is 0 Å². The first kappa shape index (κ1) is 18.5. The molecule has 1 aromatic carbocycles. The summed E-state index contributed by atoms with van der Waals surface area (Å²) in [5.41, 5.74) is 2.16. The molecule has 1 aromatic heterocycles. The lowest BCUT2D eigenvalue weighted by Gasteiger charge is -2.22. The van der Waals surface area contributed by atoms with E-state index in [0.717, 1.165) is 24.1 Å². The summed E-state index contributed by atoms with van der Waals surface area (Å²) in [6.45, 7) is 5.19. The van der Waals surface area contributed by atoms with Crippen molar-refractivity contribution in [3.63, 3.8) is 0 Å². The highest BCUT2D eigenvalue weighted by Gasteiger charge is 2.21. The Morgan fingerprint density at radius 1 is 1.23 bits per heavy atom. The Kier molecular flexibility index (Phi) is 6.28. The van der Waals surface area contributed by atoms with Crippen LogP contribution in [-0.2, 0) is 24.4 Å². The molecule has 0 spiro atoms. The third-order valence-corrected chi connectivity index (χ3v) is 5.54. The number of likely N-dealkylation sites (tertiary alicyclic amines) is 1. The molecule has 26 heavy (non-hydrogen) atoms. The molecule has 1 N–H and O–H groups in total. The maximum absolute atomic E-state index is 12.5. The molecular formula is C20H25N3O2S. The van der Waals surface area contributed by atoms with E-state index in [4.69, 9.17) is 0 Å². The van der Waals surface area contributed by atoms with Gasteiger partial charge >= 0.3 is 6.03 Å². The summed E-state index contributed by atoms with van der Waals surface area (Å²) < 4.78 is 0. The highest BCUT2D eigenvalue weighted by molar-refractivity contribution is 7.09. The van der Waals surface area contributed by atoms with Gasteiger partial charge in [0.25, 0.3) is 0 Å². The molecule has 0 aliphatic carbocycles. The fraction of sp³-hybridized carbons (Fsp3) is 0.400. The number of nitrogens with zero attached hydrogens (tertiary/aromatic N) is 2. The van der Waals surface area contributed by atoms with Crippen LogP contribution in [0.3, 0.4) is 0 Å². The van der Waals surface area contributed by atoms with Gasteiger partial charge < -0.3 is 15.1 Å². The summed E-state index contributed by atoms with van der Waals surface area (Å²) in [4.78, 5) is 29.3. The number of benzene rings is 1. The molecule has 6 heteroatoms. The highest BCUT2D eigenvalue weighted by Crippen LogP contribution is 2.17. The Hall–Kier alpha value is -2.34. The molecule has 1 fully saturated rings. The maximum Gasteiger partial charge on any atom is 0.317 e. The molecule has 0 bridgehead atoms. The Morgan fingerprint density at radius 2 is 2.04 bits per heavy atom. The molecule has 0 radical (unpaired) electrons. The zero-order chi connectivity index (χ0) is 18.4. The van der Waals surface area contributed by atoms with Crippen molar-refractivity contribution in [2.24, 2.45) is 0 Å². The number of carbonyl (C=O) groups excluding carboxylic acids is 2. The van der Waals surface area contributed by atoms with E-state index in [1.807, 2.05) is 53.6 Å². The number of hydrogen-bond acceptors (Lipinski definition) is 3. The Labute approximate surface area is 158 Å². The van der Waals surface area contributed by atoms with Crippen LogP contribution in [0.2, 0.25) is 0 Å². The van der Waals surface area contributed by atoms with Crippen LogP contribution in [0.4, 0.5) is 4.79 Å². The number of carbonyl (C=O) groups is 2. The monoisotopic (exact) mass is 371 g/mol. The largest absolute Gasteiger partial charge is 0.338 e. The number of thiophene rings is 1. The van der Waals surface area contributed by atoms with Gasteiger partial charge in [0.15, 0.2) is 0 Å². The molecule has 1 saturated heterocycles. The molecule has 0 unspecified atom stereocenters. The lowest BCUT2D eigenvalue weighted by molar-refractivity contribution is -0.128. The lowest BCUT2D eigenvalue weighted by atomic mass is 10.1. The van der Waals surface area contributed by atoms with Gasteiger partial charge in [-0.25, -0.2) is 4.79 Å². The number of nitrogens with one attached hydrogen (secondary N) is 1. The van der Waals surface area contributed by atoms with E-state index in [9.17, 15) is 9.59 Å². The van der Waals surface area contributed by atoms with E-state index in [0.29, 0.717) is 32.6 Å². The highest BCUT2D eigenvalue weighted by atomic mass is 32.1. The summed E-state index contributed by atoms with van der Waals surface area (Å²) in [7, 11) is 0. The molecule has 0 atom stereocenters. The van der Waals surface area contributed by atoms with Crippen LogP contribution in [0, 0.1) is 0 Å². The zero-order valence-corrected chi connectivity index (χ0v) is 15.9. The minimum Gasteiger partial charge on any atom is -0.338 e. The fourth-order valence-corrected chi connectivity index (χ4v) is 3.88. The summed E-state index contributed by atoms with van der Waals surface area (Å²) in [5.74, 6) is 0.219. The van der Waals surface area contributed by atoms with E-state index < -0.39 is 0 Å². The number of rotatable bonds is 7. The van der Waals surface area contributed by atoms with Crippen LogP contribution in [-0.4, -0.2) is 34.8 Å². The normalized spacial score (nSPS) is 13.9. The zero-order valence-electron chi connectivity index (χ0n) is 15.1. The fourth-order valence-electron chi connectivity index (χ4n) is 3.16. The average Bonchev–Trinajstić information content (AvgIpc) is 3.31. The second-order valence-corrected chi connectivity index (χ2v) is 7.47. The van der Waals surface area contributed by atoms with Gasteiger partial charge in [0.05, 0.1) is 6.54 Å². The van der Waals surface area contributed by atoms with Crippen molar-refractivity contribution >= 4 is 23.3 Å². The first-order valence-electron chi connectivity index (χ1n) is 9.07. The van der Waals surface area contributed by atoms with Gasteiger partial charge in [0.1, 0.15) is 0 Å². The van der Waals surface area contributed by atoms with Crippen molar-refractivity contribution in [1.29, 1.82) is 0 Å². The third-order valence-electron chi connectivity index (χ3n) is 4.68. The van der Waals surface area contributed by atoms with Crippen molar-refractivity contribution < 1.29 is 9.59 Å². The van der Waals surface area contributed by atoms with E-state index in [2.05, 4.69) is 5.32 Å². The van der Waals surface area contributed by atoms with E-state index in [1.54, 1.807) is 16.2 Å². The van der Waals surface area contributed by atoms with Crippen LogP contribution >= 0.6 is 11.3 Å². The maximum atomic E-state index is 12.5. The summed E-state index contributed by atoms with van der Waals surface area (Å²) in [6.07, 6.45) is 1.58. The molecule has 5 nitrogen and oxygen atoms in total. The number of hydrogen-bond donors (Lipinski definition) is 1. The molecule has 0 saturated carbocycles. The number of amides is 3. The molecule has 138 valence electrons. The van der Waals surface area contributed by atoms with Crippen molar-refractivity contribution in [2.45, 2.75) is 39.4 Å². The van der Waals surface area contributed by atoms with Crippen molar-refractivity contribution in [3.8, 4) is 0 Å². The SMILES string of the molecule is CCN(Cc1cccs1)C(=O)NCc1ccccc1CN1CCCC1=O. The van der Waals surface area contributed by atoms with Gasteiger partial charge in [-0.3, -0.25) is 4.79 Å². The summed E-state index contributed by atoms with van der Waals surface area (Å²) >= 11 is 1.66. The molecule has 2 aromatic rings. The first-order valence-corrected chi connectivity index (χ1v) is 9.95. The average molecular weight is 372 g/mol. The van der Waals surface area contributed by atoms with E-state index >= 15 is 0 Å². The minimum absolute atomic E-state index is 0.0621. The van der Waals surface area contributed by atoms with Crippen LogP contribution in [0.5, 0.6) is 0 Å². The number of urea groups is 1. The quantitative estimate of drug-likeness (QED) is 0.808. The standard InChI is InChI=1S/C20H25N3O2S/c1-2-22(15-18-9-6-12-26-18)20(25)21-13-16-7-3-4-8-17(16)14-23-11-5-10-19(23)24/h3-4,6-9,12H,2,5,10-11,13-15H2,1H3,(H,21,25). The smallest absolute Gasteiger partial charge is 0.317 e. The van der Waals surface area contributed by atoms with Crippen molar-refractivity contribution in [2.75, 3.05) is 13.1 Å². The molecule has 1 aliphatic heterocycles. The van der Waals surface area contributed by atoms with E-state index in [1.165, 1.54) is 4.88 Å². The predicted octanol–water partition coefficient (Wildman–Crippen LogP) is 3.60. The Morgan fingerprint density at radius 3 is 2.69 bits per heavy atom. The third kappa shape index (κ3) is 4.64. The van der Waals surface area contributed by atoms with Crippen LogP contribution in [0.25, 0.3) is 0 Å². The van der Waals surface area contributed by atoms with Gasteiger partial charge in [-0.05, 0) is 35.9 Å². The van der Waals surface area contributed by atoms with Crippen LogP contribution in [0.15, 0.2) is 41.8 Å². The van der Waals surface area contributed by atoms with Crippen LogP contribution in [0.1, 0.15) is 35.8 Å². The Bertz CT molecular complexity index is 745. The lowest BCUT2D eigenvalue weighted by Crippen LogP contribution is -2.39. The van der Waals surface area contributed by atoms with E-state index in [-0.39, 0.29) is 11.9 Å².